The van der Waals surface area contributed by atoms with Crippen molar-refractivity contribution in [1.82, 2.24) is 4.90 Å². The molecule has 6 nitrogen and oxygen atoms in total. The first kappa shape index (κ1) is 20.7. The van der Waals surface area contributed by atoms with Crippen LogP contribution in [0.5, 0.6) is 11.5 Å². The summed E-state index contributed by atoms with van der Waals surface area (Å²) in [7, 11) is 0. The second-order valence-corrected chi connectivity index (χ2v) is 7.49. The van der Waals surface area contributed by atoms with Gasteiger partial charge in [-0.2, -0.15) is 0 Å². The Balaban J connectivity index is 1.40. The summed E-state index contributed by atoms with van der Waals surface area (Å²) in [6, 6.07) is 13.9. The zero-order valence-corrected chi connectivity index (χ0v) is 16.9. The molecule has 0 saturated carbocycles. The number of benzene rings is 2. The van der Waals surface area contributed by atoms with E-state index in [0.29, 0.717) is 32.7 Å². The van der Waals surface area contributed by atoms with Crippen LogP contribution >= 0.6 is 0 Å². The number of aryl methyl sites for hydroxylation is 2. The van der Waals surface area contributed by atoms with Crippen LogP contribution in [0.15, 0.2) is 42.5 Å². The molecule has 0 spiro atoms. The van der Waals surface area contributed by atoms with Gasteiger partial charge in [-0.1, -0.05) is 18.2 Å². The maximum Gasteiger partial charge on any atom is 0.308 e. The molecule has 1 fully saturated rings. The number of hydrogen-bond donors (Lipinski definition) is 1. The van der Waals surface area contributed by atoms with E-state index in [-0.39, 0.29) is 12.3 Å². The van der Waals surface area contributed by atoms with Gasteiger partial charge in [0.2, 0.25) is 5.91 Å². The van der Waals surface area contributed by atoms with Crippen molar-refractivity contribution in [2.45, 2.75) is 26.7 Å². The minimum absolute atomic E-state index is 0.0823. The van der Waals surface area contributed by atoms with Crippen LogP contribution in [0.3, 0.4) is 0 Å². The van der Waals surface area contributed by atoms with Gasteiger partial charge in [-0.15, -0.1) is 0 Å². The Labute approximate surface area is 171 Å². The molecular weight excluding hydrogens is 370 g/mol. The molecule has 1 aliphatic rings. The van der Waals surface area contributed by atoms with Crippen LogP contribution < -0.4 is 9.47 Å². The molecule has 1 amide bonds. The second-order valence-electron chi connectivity index (χ2n) is 7.49. The van der Waals surface area contributed by atoms with Crippen molar-refractivity contribution in [3.8, 4) is 11.5 Å². The van der Waals surface area contributed by atoms with E-state index in [1.807, 2.05) is 50.2 Å². The highest BCUT2D eigenvalue weighted by molar-refractivity contribution is 5.86. The lowest BCUT2D eigenvalue weighted by Crippen LogP contribution is -2.28. The highest BCUT2D eigenvalue weighted by Crippen LogP contribution is 2.19. The standard InChI is InChI=1S/C23H27NO5/c1-16-11-17(2)13-21(12-16)29-10-9-28-20-5-3-18(4-6-20)7-8-24-15-19(23(26)27)14-22(24)25/h3-6,11-13,19H,7-10,14-15H2,1-2H3,(H,26,27). The lowest BCUT2D eigenvalue weighted by molar-refractivity contribution is -0.141. The number of hydrogen-bond acceptors (Lipinski definition) is 4. The average molecular weight is 397 g/mol. The normalized spacial score (nSPS) is 16.1. The van der Waals surface area contributed by atoms with Crippen LogP contribution in [-0.4, -0.2) is 48.2 Å². The van der Waals surface area contributed by atoms with Gasteiger partial charge in [0, 0.05) is 19.5 Å². The molecule has 1 unspecified atom stereocenters. The molecule has 0 bridgehead atoms. The average Bonchev–Trinajstić information content (AvgIpc) is 3.05. The Morgan fingerprint density at radius 2 is 1.66 bits per heavy atom. The van der Waals surface area contributed by atoms with Crippen molar-refractivity contribution >= 4 is 11.9 Å². The summed E-state index contributed by atoms with van der Waals surface area (Å²) in [5, 5.41) is 9.04. The van der Waals surface area contributed by atoms with Crippen LogP contribution in [-0.2, 0) is 16.0 Å². The highest BCUT2D eigenvalue weighted by Gasteiger charge is 2.33. The topological polar surface area (TPSA) is 76.1 Å². The molecule has 1 saturated heterocycles. The molecule has 1 aliphatic heterocycles. The van der Waals surface area contributed by atoms with Crippen molar-refractivity contribution in [3.05, 3.63) is 59.2 Å². The van der Waals surface area contributed by atoms with Gasteiger partial charge in [-0.25, -0.2) is 0 Å². The third-order valence-electron chi connectivity index (χ3n) is 4.97. The van der Waals surface area contributed by atoms with Crippen molar-refractivity contribution < 1.29 is 24.2 Å². The minimum Gasteiger partial charge on any atom is -0.490 e. The molecule has 6 heteroatoms. The van der Waals surface area contributed by atoms with E-state index in [0.717, 1.165) is 17.1 Å². The summed E-state index contributed by atoms with van der Waals surface area (Å²) in [4.78, 5) is 24.5. The second kappa shape index (κ2) is 9.45. The van der Waals surface area contributed by atoms with Gasteiger partial charge in [0.1, 0.15) is 24.7 Å². The fraction of sp³-hybridized carbons (Fsp3) is 0.391. The van der Waals surface area contributed by atoms with Gasteiger partial charge in [0.25, 0.3) is 0 Å². The molecule has 0 aromatic heterocycles. The highest BCUT2D eigenvalue weighted by atomic mass is 16.5. The maximum atomic E-state index is 11.9. The van der Waals surface area contributed by atoms with Crippen molar-refractivity contribution in [3.63, 3.8) is 0 Å². The van der Waals surface area contributed by atoms with Crippen molar-refractivity contribution in [2.75, 3.05) is 26.3 Å². The predicted octanol–water partition coefficient (Wildman–Crippen LogP) is 3.24. The quantitative estimate of drug-likeness (QED) is 0.658. The number of carbonyl (C=O) groups is 2. The number of amides is 1. The smallest absolute Gasteiger partial charge is 0.308 e. The van der Waals surface area contributed by atoms with E-state index in [1.54, 1.807) is 4.90 Å². The lowest BCUT2D eigenvalue weighted by Gasteiger charge is -2.16. The van der Waals surface area contributed by atoms with Crippen LogP contribution in [0.4, 0.5) is 0 Å². The van der Waals surface area contributed by atoms with Gasteiger partial charge < -0.3 is 19.5 Å². The summed E-state index contributed by atoms with van der Waals surface area (Å²) in [6.07, 6.45) is 0.792. The molecule has 2 aromatic carbocycles. The van der Waals surface area contributed by atoms with Crippen LogP contribution in [0.25, 0.3) is 0 Å². The summed E-state index contributed by atoms with van der Waals surface area (Å²) in [5.74, 6) is 0.0539. The van der Waals surface area contributed by atoms with Gasteiger partial charge in [-0.05, 0) is 61.2 Å². The maximum absolute atomic E-state index is 11.9. The van der Waals surface area contributed by atoms with E-state index in [4.69, 9.17) is 14.6 Å². The van der Waals surface area contributed by atoms with E-state index in [2.05, 4.69) is 6.07 Å². The Morgan fingerprint density at radius 3 is 2.24 bits per heavy atom. The predicted molar refractivity (Wildman–Crippen MR) is 109 cm³/mol. The molecule has 154 valence electrons. The minimum atomic E-state index is -0.899. The van der Waals surface area contributed by atoms with Gasteiger partial charge >= 0.3 is 5.97 Å². The SMILES string of the molecule is Cc1cc(C)cc(OCCOc2ccc(CCN3CC(C(=O)O)CC3=O)cc2)c1. The number of ether oxygens (including phenoxy) is 2. The Hall–Kier alpha value is -3.02. The Morgan fingerprint density at radius 1 is 1.03 bits per heavy atom. The van der Waals surface area contributed by atoms with Crippen molar-refractivity contribution in [2.24, 2.45) is 5.92 Å². The molecule has 3 rings (SSSR count). The van der Waals surface area contributed by atoms with Crippen LogP contribution in [0, 0.1) is 19.8 Å². The first-order valence-electron chi connectivity index (χ1n) is 9.84. The molecular formula is C23H27NO5. The van der Waals surface area contributed by atoms with Crippen molar-refractivity contribution in [1.29, 1.82) is 0 Å². The third kappa shape index (κ3) is 5.98. The molecule has 1 heterocycles. The van der Waals surface area contributed by atoms with Crippen LogP contribution in [0.2, 0.25) is 0 Å². The monoisotopic (exact) mass is 397 g/mol. The van der Waals surface area contributed by atoms with E-state index >= 15 is 0 Å². The molecule has 1 atom stereocenters. The summed E-state index contributed by atoms with van der Waals surface area (Å²) in [5.41, 5.74) is 3.42. The number of aliphatic carboxylic acids is 1. The molecule has 0 radical (unpaired) electrons. The van der Waals surface area contributed by atoms with Gasteiger partial charge in [0.15, 0.2) is 0 Å². The molecule has 1 N–H and O–H groups in total. The first-order valence-corrected chi connectivity index (χ1v) is 9.84. The largest absolute Gasteiger partial charge is 0.490 e. The fourth-order valence-corrected chi connectivity index (χ4v) is 3.51. The van der Waals surface area contributed by atoms with E-state index in [1.165, 1.54) is 11.1 Å². The zero-order chi connectivity index (χ0) is 20.8. The fourth-order valence-electron chi connectivity index (χ4n) is 3.51. The summed E-state index contributed by atoms with van der Waals surface area (Å²) >= 11 is 0. The number of carbonyl (C=O) groups excluding carboxylic acids is 1. The molecule has 2 aromatic rings. The summed E-state index contributed by atoms with van der Waals surface area (Å²) in [6.45, 7) is 5.84. The Bertz CT molecular complexity index is 842. The first-order chi connectivity index (χ1) is 13.9. The van der Waals surface area contributed by atoms with Gasteiger partial charge in [-0.3, -0.25) is 9.59 Å². The number of nitrogens with zero attached hydrogens (tertiary/aromatic N) is 1. The zero-order valence-electron chi connectivity index (χ0n) is 16.9. The number of carboxylic acid groups (broad SMARTS) is 1. The van der Waals surface area contributed by atoms with E-state index in [9.17, 15) is 9.59 Å². The lowest BCUT2D eigenvalue weighted by atomic mass is 10.1. The molecule has 29 heavy (non-hydrogen) atoms. The van der Waals surface area contributed by atoms with E-state index < -0.39 is 11.9 Å². The summed E-state index contributed by atoms with van der Waals surface area (Å²) < 4.78 is 11.5. The third-order valence-corrected chi connectivity index (χ3v) is 4.97. The Kier molecular flexibility index (Phi) is 6.75. The van der Waals surface area contributed by atoms with Crippen LogP contribution in [0.1, 0.15) is 23.1 Å². The number of likely N-dealkylation sites (tertiary alicyclic amines) is 1. The molecule has 0 aliphatic carbocycles. The van der Waals surface area contributed by atoms with Gasteiger partial charge in [0.05, 0.1) is 5.92 Å². The number of rotatable bonds is 9. The number of carboxylic acids is 1.